The standard InChI is InChI=1S/C10H22Si2.C6H7.C2H7N.4CH3.Ti/c1-11(2,3)9-7-8-10-12(4,5)6;1-6-4-2-3-5-6;1-3-2;;;;;/h7-10H,1-6H3;2,4H,3H2,1H3;3H,1-2H3;4*1H3;/q;-1;;4*-1;. The Morgan fingerprint density at radius 2 is 1.15 bits per heavy atom. The second-order valence-electron chi connectivity index (χ2n) is 7.42. The third kappa shape index (κ3) is 49.6. The average Bonchev–Trinajstić information content (AvgIpc) is 2.75. The first-order valence-corrected chi connectivity index (χ1v) is 14.9. The molecule has 0 aromatic carbocycles. The molecule has 0 saturated heterocycles. The summed E-state index contributed by atoms with van der Waals surface area (Å²) >= 11 is 0. The van der Waals surface area contributed by atoms with Gasteiger partial charge >= 0.3 is 0 Å². The molecule has 1 rings (SSSR count). The smallest absolute Gasteiger partial charge is 0.0686 e. The summed E-state index contributed by atoms with van der Waals surface area (Å²) in [6.45, 7) is 16.2. The number of hydrogen-bond acceptors (Lipinski definition) is 1. The Balaban J connectivity index is -0.0000000446. The van der Waals surface area contributed by atoms with E-state index in [0.29, 0.717) is 0 Å². The Morgan fingerprint density at radius 3 is 1.27 bits per heavy atom. The molecule has 0 bridgehead atoms. The van der Waals surface area contributed by atoms with Crippen molar-refractivity contribution < 1.29 is 21.7 Å². The van der Waals surface area contributed by atoms with Gasteiger partial charge in [-0.25, -0.2) is 11.6 Å². The van der Waals surface area contributed by atoms with Crippen molar-refractivity contribution in [1.29, 1.82) is 0 Å². The van der Waals surface area contributed by atoms with Gasteiger partial charge in [0.2, 0.25) is 0 Å². The van der Waals surface area contributed by atoms with Crippen molar-refractivity contribution in [2.45, 2.75) is 52.6 Å². The predicted molar refractivity (Wildman–Crippen MR) is 132 cm³/mol. The van der Waals surface area contributed by atoms with Crippen LogP contribution in [0.25, 0.3) is 0 Å². The summed E-state index contributed by atoms with van der Waals surface area (Å²) in [5.74, 6) is 0. The van der Waals surface area contributed by atoms with Gasteiger partial charge in [0.15, 0.2) is 0 Å². The Labute approximate surface area is 186 Å². The van der Waals surface area contributed by atoms with E-state index in [0.717, 1.165) is 6.42 Å². The fraction of sp³-hybridized carbons (Fsp3) is 0.455. The van der Waals surface area contributed by atoms with Crippen molar-refractivity contribution in [1.82, 2.24) is 5.32 Å². The van der Waals surface area contributed by atoms with E-state index in [2.05, 4.69) is 93.3 Å². The first-order chi connectivity index (χ1) is 9.52. The topological polar surface area (TPSA) is 12.0 Å². The number of nitrogens with one attached hydrogen (secondary N) is 1. The molecular formula is C22H48NSi2Ti-5. The first kappa shape index (κ1) is 45.1. The van der Waals surface area contributed by atoms with Gasteiger partial charge in [0.1, 0.15) is 0 Å². The maximum Gasteiger partial charge on any atom is 0.0686 e. The molecular weight excluding hydrogens is 382 g/mol. The van der Waals surface area contributed by atoms with Crippen LogP contribution in [0.5, 0.6) is 0 Å². The molecule has 0 aliphatic heterocycles. The van der Waals surface area contributed by atoms with E-state index in [1.165, 1.54) is 5.57 Å². The third-order valence-electron chi connectivity index (χ3n) is 2.17. The second kappa shape index (κ2) is 25.1. The van der Waals surface area contributed by atoms with Crippen molar-refractivity contribution in [3.8, 4) is 0 Å². The van der Waals surface area contributed by atoms with E-state index in [-0.39, 0.29) is 51.4 Å². The molecule has 0 atom stereocenters. The summed E-state index contributed by atoms with van der Waals surface area (Å²) in [6.07, 6.45) is 12.8. The van der Waals surface area contributed by atoms with E-state index < -0.39 is 16.1 Å². The zero-order valence-electron chi connectivity index (χ0n) is 20.2. The predicted octanol–water partition coefficient (Wildman–Crippen LogP) is 7.18. The van der Waals surface area contributed by atoms with Gasteiger partial charge in [-0.15, -0.1) is 6.42 Å². The fourth-order valence-corrected chi connectivity index (χ4v) is 2.58. The van der Waals surface area contributed by atoms with E-state index in [4.69, 9.17) is 0 Å². The van der Waals surface area contributed by atoms with E-state index in [1.54, 1.807) is 0 Å². The van der Waals surface area contributed by atoms with Gasteiger partial charge in [-0.3, -0.25) is 6.08 Å². The van der Waals surface area contributed by atoms with Gasteiger partial charge in [-0.2, -0.15) is 6.08 Å². The molecule has 158 valence electrons. The quantitative estimate of drug-likeness (QED) is 0.284. The summed E-state index contributed by atoms with van der Waals surface area (Å²) in [5, 5.41) is 2.75. The normalized spacial score (nSPS) is 11.8. The molecule has 1 N–H and O–H groups in total. The van der Waals surface area contributed by atoms with Gasteiger partial charge in [0.25, 0.3) is 0 Å². The Kier molecular flexibility index (Phi) is 43.4. The van der Waals surface area contributed by atoms with Crippen LogP contribution in [0.1, 0.15) is 13.3 Å². The summed E-state index contributed by atoms with van der Waals surface area (Å²) in [4.78, 5) is 0. The van der Waals surface area contributed by atoms with Crippen LogP contribution in [0.15, 0.2) is 41.3 Å². The molecule has 0 saturated carbocycles. The average molecular weight is 431 g/mol. The van der Waals surface area contributed by atoms with Crippen molar-refractivity contribution in [3.63, 3.8) is 0 Å². The minimum atomic E-state index is -0.970. The molecule has 1 aliphatic rings. The maximum absolute atomic E-state index is 3.12. The van der Waals surface area contributed by atoms with Crippen LogP contribution in [0, 0.1) is 35.8 Å². The van der Waals surface area contributed by atoms with Crippen LogP contribution in [0.2, 0.25) is 39.3 Å². The molecule has 1 aliphatic carbocycles. The summed E-state index contributed by atoms with van der Waals surface area (Å²) in [5.41, 5.74) is 6.03. The number of allylic oxidation sites excluding steroid dienone is 6. The van der Waals surface area contributed by atoms with Crippen molar-refractivity contribution in [2.75, 3.05) is 14.1 Å². The molecule has 0 heterocycles. The molecule has 0 unspecified atom stereocenters. The monoisotopic (exact) mass is 430 g/mol. The summed E-state index contributed by atoms with van der Waals surface area (Å²) in [7, 11) is 1.81. The van der Waals surface area contributed by atoms with Gasteiger partial charge in [0.05, 0.1) is 16.1 Å². The summed E-state index contributed by atoms with van der Waals surface area (Å²) in [6, 6.07) is 0. The Morgan fingerprint density at radius 1 is 0.846 bits per heavy atom. The van der Waals surface area contributed by atoms with Crippen LogP contribution in [-0.2, 0) is 21.7 Å². The zero-order chi connectivity index (χ0) is 16.9. The zero-order valence-corrected chi connectivity index (χ0v) is 23.7. The van der Waals surface area contributed by atoms with Crippen molar-refractivity contribution in [2.24, 2.45) is 0 Å². The minimum absolute atomic E-state index is 0. The Bertz CT molecular complexity index is 346. The maximum atomic E-state index is 3.12. The van der Waals surface area contributed by atoms with Crippen LogP contribution >= 0.6 is 0 Å². The second-order valence-corrected chi connectivity index (χ2v) is 17.5. The van der Waals surface area contributed by atoms with Crippen LogP contribution in [0.4, 0.5) is 0 Å². The van der Waals surface area contributed by atoms with E-state index >= 15 is 0 Å². The first-order valence-electron chi connectivity index (χ1n) is 7.71. The van der Waals surface area contributed by atoms with E-state index in [9.17, 15) is 0 Å². The van der Waals surface area contributed by atoms with Gasteiger partial charge in [-0.05, 0) is 14.1 Å². The molecule has 0 amide bonds. The van der Waals surface area contributed by atoms with Crippen LogP contribution < -0.4 is 5.32 Å². The molecule has 1 nitrogen and oxygen atoms in total. The number of rotatable bonds is 3. The molecule has 4 heteroatoms. The largest absolute Gasteiger partial charge is 0.358 e. The Hall–Kier alpha value is 0.0681. The van der Waals surface area contributed by atoms with E-state index in [1.807, 2.05) is 14.1 Å². The molecule has 0 aromatic heterocycles. The number of hydrogen-bond donors (Lipinski definition) is 1. The minimum Gasteiger partial charge on any atom is -0.358 e. The third-order valence-corrected chi connectivity index (χ3v) is 4.56. The molecule has 0 spiro atoms. The fourth-order valence-electron chi connectivity index (χ4n) is 1.20. The SMILES string of the molecule is CC1=[C-]CC=C1.CNC.C[Si](C)(C)C=CC=C[Si](C)(C)C.[CH3-].[CH3-].[CH3-].[CH3-].[Ti]. The molecule has 26 heavy (non-hydrogen) atoms. The summed E-state index contributed by atoms with van der Waals surface area (Å²) < 4.78 is 0. The van der Waals surface area contributed by atoms with Crippen LogP contribution in [0.3, 0.4) is 0 Å². The van der Waals surface area contributed by atoms with Crippen molar-refractivity contribution in [3.05, 3.63) is 77.1 Å². The van der Waals surface area contributed by atoms with Gasteiger partial charge in [-0.1, -0.05) is 69.8 Å². The van der Waals surface area contributed by atoms with Crippen LogP contribution in [-0.4, -0.2) is 30.2 Å². The van der Waals surface area contributed by atoms with Gasteiger partial charge in [0, 0.05) is 21.7 Å². The van der Waals surface area contributed by atoms with Gasteiger partial charge < -0.3 is 35.0 Å². The molecule has 0 fully saturated rings. The molecule has 0 radical (unpaired) electrons. The molecule has 0 aromatic rings. The van der Waals surface area contributed by atoms with Crippen molar-refractivity contribution >= 4 is 16.1 Å².